The second-order valence-electron chi connectivity index (χ2n) is 3.74. The van der Waals surface area contributed by atoms with Crippen LogP contribution in [0.25, 0.3) is 11.3 Å². The van der Waals surface area contributed by atoms with E-state index in [-0.39, 0.29) is 0 Å². The summed E-state index contributed by atoms with van der Waals surface area (Å²) in [5.74, 6) is 0. The standard InChI is InChI=1S/C13H14N2O/c1-3-10-4-6-11(7-5-10)13-12(9-16)8-14-15(13)2/h4-9H,3H2,1-2H3. The Morgan fingerprint density at radius 2 is 2.00 bits per heavy atom. The van der Waals surface area contributed by atoms with E-state index in [4.69, 9.17) is 0 Å². The van der Waals surface area contributed by atoms with Gasteiger partial charge in [-0.15, -0.1) is 0 Å². The van der Waals surface area contributed by atoms with Gasteiger partial charge in [-0.05, 0) is 12.0 Å². The molecule has 0 radical (unpaired) electrons. The van der Waals surface area contributed by atoms with Gasteiger partial charge in [0.05, 0.1) is 17.5 Å². The number of hydrogen-bond acceptors (Lipinski definition) is 2. The Bertz CT molecular complexity index is 497. The van der Waals surface area contributed by atoms with Crippen molar-refractivity contribution in [3.8, 4) is 11.3 Å². The monoisotopic (exact) mass is 214 g/mol. The molecule has 1 aromatic carbocycles. The highest BCUT2D eigenvalue weighted by Gasteiger charge is 2.09. The fourth-order valence-electron chi connectivity index (χ4n) is 1.79. The Labute approximate surface area is 94.7 Å². The lowest BCUT2D eigenvalue weighted by atomic mass is 10.1. The Morgan fingerprint density at radius 3 is 2.56 bits per heavy atom. The zero-order valence-electron chi connectivity index (χ0n) is 9.47. The number of rotatable bonds is 3. The molecule has 0 bridgehead atoms. The van der Waals surface area contributed by atoms with Crippen LogP contribution in [-0.2, 0) is 13.5 Å². The molecule has 0 amide bonds. The van der Waals surface area contributed by atoms with Gasteiger partial charge >= 0.3 is 0 Å². The predicted octanol–water partition coefficient (Wildman–Crippen LogP) is 2.46. The quantitative estimate of drug-likeness (QED) is 0.736. The van der Waals surface area contributed by atoms with E-state index in [0.717, 1.165) is 24.0 Å². The van der Waals surface area contributed by atoms with Gasteiger partial charge in [0.1, 0.15) is 0 Å². The molecule has 2 rings (SSSR count). The Hall–Kier alpha value is -1.90. The lowest BCUT2D eigenvalue weighted by Gasteiger charge is -2.04. The van der Waals surface area contributed by atoms with Gasteiger partial charge < -0.3 is 0 Å². The highest BCUT2D eigenvalue weighted by atomic mass is 16.1. The van der Waals surface area contributed by atoms with Crippen molar-refractivity contribution in [1.29, 1.82) is 0 Å². The molecule has 0 aliphatic heterocycles. The van der Waals surface area contributed by atoms with E-state index in [9.17, 15) is 4.79 Å². The molecular formula is C13H14N2O. The van der Waals surface area contributed by atoms with Crippen LogP contribution in [0.4, 0.5) is 0 Å². The number of benzene rings is 1. The normalized spacial score (nSPS) is 10.4. The first-order valence-corrected chi connectivity index (χ1v) is 5.32. The van der Waals surface area contributed by atoms with Crippen LogP contribution in [0.3, 0.4) is 0 Å². The van der Waals surface area contributed by atoms with Crippen molar-refractivity contribution in [2.75, 3.05) is 0 Å². The lowest BCUT2D eigenvalue weighted by molar-refractivity contribution is 0.112. The number of aryl methyl sites for hydroxylation is 2. The maximum atomic E-state index is 10.9. The molecule has 1 heterocycles. The second-order valence-corrected chi connectivity index (χ2v) is 3.74. The third-order valence-electron chi connectivity index (χ3n) is 2.73. The minimum atomic E-state index is 0.631. The molecule has 3 heteroatoms. The Morgan fingerprint density at radius 1 is 1.31 bits per heavy atom. The largest absolute Gasteiger partial charge is 0.298 e. The van der Waals surface area contributed by atoms with Gasteiger partial charge in [-0.3, -0.25) is 9.48 Å². The number of carbonyl (C=O) groups excluding carboxylic acids is 1. The molecule has 1 aromatic heterocycles. The fraction of sp³-hybridized carbons (Fsp3) is 0.231. The smallest absolute Gasteiger partial charge is 0.153 e. The summed E-state index contributed by atoms with van der Waals surface area (Å²) in [6.07, 6.45) is 3.46. The first kappa shape index (κ1) is 10.6. The number of carbonyl (C=O) groups is 1. The summed E-state index contributed by atoms with van der Waals surface area (Å²) in [6, 6.07) is 8.22. The van der Waals surface area contributed by atoms with Crippen molar-refractivity contribution in [2.45, 2.75) is 13.3 Å². The van der Waals surface area contributed by atoms with E-state index in [1.54, 1.807) is 10.9 Å². The molecule has 0 atom stereocenters. The minimum Gasteiger partial charge on any atom is -0.298 e. The molecule has 3 nitrogen and oxygen atoms in total. The van der Waals surface area contributed by atoms with Crippen LogP contribution in [0, 0.1) is 0 Å². The topological polar surface area (TPSA) is 34.9 Å². The average Bonchev–Trinajstić information content (AvgIpc) is 2.70. The van der Waals surface area contributed by atoms with Crippen LogP contribution in [0.5, 0.6) is 0 Å². The minimum absolute atomic E-state index is 0.631. The van der Waals surface area contributed by atoms with Crippen LogP contribution in [0.15, 0.2) is 30.5 Å². The number of hydrogen-bond donors (Lipinski definition) is 0. The van der Waals surface area contributed by atoms with Gasteiger partial charge in [0.2, 0.25) is 0 Å². The molecule has 0 fully saturated rings. The molecule has 82 valence electrons. The van der Waals surface area contributed by atoms with Gasteiger partial charge in [-0.25, -0.2) is 0 Å². The van der Waals surface area contributed by atoms with E-state index in [1.807, 2.05) is 19.2 Å². The van der Waals surface area contributed by atoms with E-state index < -0.39 is 0 Å². The average molecular weight is 214 g/mol. The summed E-state index contributed by atoms with van der Waals surface area (Å²) >= 11 is 0. The summed E-state index contributed by atoms with van der Waals surface area (Å²) in [5, 5.41) is 4.09. The van der Waals surface area contributed by atoms with E-state index in [0.29, 0.717) is 5.56 Å². The molecule has 0 saturated heterocycles. The highest BCUT2D eigenvalue weighted by Crippen LogP contribution is 2.22. The molecule has 0 unspecified atom stereocenters. The maximum Gasteiger partial charge on any atom is 0.153 e. The summed E-state index contributed by atoms with van der Waals surface area (Å²) < 4.78 is 1.73. The molecule has 0 spiro atoms. The number of aldehydes is 1. The third-order valence-corrected chi connectivity index (χ3v) is 2.73. The van der Waals surface area contributed by atoms with Crippen molar-refractivity contribution in [3.05, 3.63) is 41.6 Å². The molecule has 0 aliphatic carbocycles. The molecule has 0 N–H and O–H groups in total. The van der Waals surface area contributed by atoms with Crippen molar-refractivity contribution < 1.29 is 4.79 Å². The maximum absolute atomic E-state index is 10.9. The fourth-order valence-corrected chi connectivity index (χ4v) is 1.79. The first-order valence-electron chi connectivity index (χ1n) is 5.32. The number of aromatic nitrogens is 2. The van der Waals surface area contributed by atoms with E-state index in [2.05, 4.69) is 24.2 Å². The molecule has 16 heavy (non-hydrogen) atoms. The SMILES string of the molecule is CCc1ccc(-c2c(C=O)cnn2C)cc1. The Kier molecular flexibility index (Phi) is 2.86. The molecule has 2 aromatic rings. The Balaban J connectivity index is 2.49. The lowest BCUT2D eigenvalue weighted by Crippen LogP contribution is -1.95. The van der Waals surface area contributed by atoms with Gasteiger partial charge in [0.15, 0.2) is 6.29 Å². The summed E-state index contributed by atoms with van der Waals surface area (Å²) in [5.41, 5.74) is 3.82. The zero-order valence-corrected chi connectivity index (χ0v) is 9.47. The zero-order chi connectivity index (χ0) is 11.5. The second kappa shape index (κ2) is 4.31. The highest BCUT2D eigenvalue weighted by molar-refractivity contribution is 5.85. The molecule has 0 aliphatic rings. The van der Waals surface area contributed by atoms with Crippen LogP contribution < -0.4 is 0 Å². The predicted molar refractivity (Wildman–Crippen MR) is 63.4 cm³/mol. The summed E-state index contributed by atoms with van der Waals surface area (Å²) in [4.78, 5) is 10.9. The van der Waals surface area contributed by atoms with Crippen LogP contribution in [0.1, 0.15) is 22.8 Å². The van der Waals surface area contributed by atoms with Crippen molar-refractivity contribution in [2.24, 2.45) is 7.05 Å². The summed E-state index contributed by atoms with van der Waals surface area (Å²) in [6.45, 7) is 2.12. The van der Waals surface area contributed by atoms with Gasteiger partial charge in [0, 0.05) is 12.6 Å². The van der Waals surface area contributed by atoms with E-state index >= 15 is 0 Å². The van der Waals surface area contributed by atoms with Gasteiger partial charge in [-0.2, -0.15) is 5.10 Å². The first-order chi connectivity index (χ1) is 7.76. The van der Waals surface area contributed by atoms with Gasteiger partial charge in [-0.1, -0.05) is 31.2 Å². The van der Waals surface area contributed by atoms with Crippen LogP contribution in [0.2, 0.25) is 0 Å². The van der Waals surface area contributed by atoms with Crippen molar-refractivity contribution in [3.63, 3.8) is 0 Å². The van der Waals surface area contributed by atoms with E-state index in [1.165, 1.54) is 5.56 Å². The van der Waals surface area contributed by atoms with Crippen molar-refractivity contribution >= 4 is 6.29 Å². The van der Waals surface area contributed by atoms with Crippen LogP contribution in [-0.4, -0.2) is 16.1 Å². The number of nitrogens with zero attached hydrogens (tertiary/aromatic N) is 2. The van der Waals surface area contributed by atoms with Gasteiger partial charge in [0.25, 0.3) is 0 Å². The van der Waals surface area contributed by atoms with Crippen molar-refractivity contribution in [1.82, 2.24) is 9.78 Å². The molecule has 0 saturated carbocycles. The summed E-state index contributed by atoms with van der Waals surface area (Å²) in [7, 11) is 1.84. The molecular weight excluding hydrogens is 200 g/mol. The third kappa shape index (κ3) is 1.76. The van der Waals surface area contributed by atoms with Crippen LogP contribution >= 0.6 is 0 Å².